The maximum Gasteiger partial charge on any atom is 0.203 e. The lowest BCUT2D eigenvalue weighted by atomic mass is 9.67. The zero-order valence-corrected chi connectivity index (χ0v) is 14.7. The third kappa shape index (κ3) is 2.08. The minimum Gasteiger partial charge on any atom is -0.495 e. The zero-order chi connectivity index (χ0) is 16.9. The average molecular weight is 343 g/mol. The van der Waals surface area contributed by atoms with Gasteiger partial charge in [0, 0.05) is 10.9 Å². The van der Waals surface area contributed by atoms with Gasteiger partial charge in [-0.15, -0.1) is 11.3 Å². The van der Waals surface area contributed by atoms with E-state index >= 15 is 0 Å². The number of ketones is 1. The molecule has 4 nitrogen and oxygen atoms in total. The molecule has 4 rings (SSSR count). The van der Waals surface area contributed by atoms with E-state index in [4.69, 9.17) is 4.74 Å². The van der Waals surface area contributed by atoms with Crippen LogP contribution in [0.25, 0.3) is 0 Å². The van der Waals surface area contributed by atoms with Crippen LogP contribution in [0.1, 0.15) is 39.2 Å². The molecule has 24 heavy (non-hydrogen) atoms. The van der Waals surface area contributed by atoms with Crippen molar-refractivity contribution in [2.75, 3.05) is 27.2 Å². The number of piperidine rings is 1. The van der Waals surface area contributed by atoms with E-state index in [1.54, 1.807) is 7.11 Å². The number of aliphatic hydroxyl groups is 1. The number of thiophene rings is 1. The Balaban J connectivity index is 1.94. The number of fused-ring (bicyclic) bond motifs is 2. The van der Waals surface area contributed by atoms with Gasteiger partial charge in [-0.1, -0.05) is 24.3 Å². The molecule has 1 fully saturated rings. The molecule has 2 aliphatic rings. The first kappa shape index (κ1) is 15.8. The van der Waals surface area contributed by atoms with Gasteiger partial charge < -0.3 is 14.7 Å². The first-order chi connectivity index (χ1) is 11.6. The molecule has 1 aromatic carbocycles. The molecule has 1 saturated heterocycles. The van der Waals surface area contributed by atoms with Crippen LogP contribution in [-0.4, -0.2) is 43.0 Å². The fourth-order valence-electron chi connectivity index (χ4n) is 4.14. The van der Waals surface area contributed by atoms with Crippen molar-refractivity contribution in [1.82, 2.24) is 4.90 Å². The summed E-state index contributed by atoms with van der Waals surface area (Å²) in [7, 11) is 3.71. The van der Waals surface area contributed by atoms with E-state index in [9.17, 15) is 9.90 Å². The molecule has 0 saturated carbocycles. The summed E-state index contributed by atoms with van der Waals surface area (Å²) in [5, 5.41) is 13.8. The summed E-state index contributed by atoms with van der Waals surface area (Å²) in [4.78, 5) is 15.8. The maximum atomic E-state index is 12.9. The van der Waals surface area contributed by atoms with Crippen LogP contribution in [-0.2, 0) is 5.60 Å². The van der Waals surface area contributed by atoms with Crippen molar-refractivity contribution in [3.05, 3.63) is 51.2 Å². The van der Waals surface area contributed by atoms with Crippen LogP contribution in [0.4, 0.5) is 0 Å². The van der Waals surface area contributed by atoms with Gasteiger partial charge in [0.25, 0.3) is 0 Å². The van der Waals surface area contributed by atoms with Gasteiger partial charge in [-0.3, -0.25) is 4.79 Å². The summed E-state index contributed by atoms with van der Waals surface area (Å²) in [6.07, 6.45) is 1.79. The number of rotatable bonds is 2. The standard InChI is InChI=1S/C19H21NO3S/c1-20-9-7-12(8-10-20)19(22)14-6-4-3-5-13(14)17(21)18-16(19)15(23-2)11-24-18/h3-6,11-12,22H,7-10H2,1-2H3. The van der Waals surface area contributed by atoms with E-state index in [-0.39, 0.29) is 11.7 Å². The molecule has 0 spiro atoms. The lowest BCUT2D eigenvalue weighted by Crippen LogP contribution is -2.46. The number of carbonyl (C=O) groups excluding carboxylic acids is 1. The van der Waals surface area contributed by atoms with Gasteiger partial charge in [-0.2, -0.15) is 0 Å². The minimum absolute atomic E-state index is 0.00787. The predicted octanol–water partition coefficient (Wildman–Crippen LogP) is 2.88. The van der Waals surface area contributed by atoms with E-state index in [1.807, 2.05) is 29.6 Å². The third-order valence-electron chi connectivity index (χ3n) is 5.46. The van der Waals surface area contributed by atoms with Crippen molar-refractivity contribution < 1.29 is 14.6 Å². The lowest BCUT2D eigenvalue weighted by Gasteiger charge is -2.43. The number of likely N-dealkylation sites (tertiary alicyclic amines) is 1. The third-order valence-corrected chi connectivity index (χ3v) is 6.41. The maximum absolute atomic E-state index is 12.9. The summed E-state index contributed by atoms with van der Waals surface area (Å²) >= 11 is 1.37. The van der Waals surface area contributed by atoms with E-state index < -0.39 is 5.60 Å². The largest absolute Gasteiger partial charge is 0.495 e. The molecule has 0 bridgehead atoms. The van der Waals surface area contributed by atoms with E-state index in [0.29, 0.717) is 21.8 Å². The highest BCUT2D eigenvalue weighted by molar-refractivity contribution is 7.12. The van der Waals surface area contributed by atoms with Crippen molar-refractivity contribution in [3.8, 4) is 5.75 Å². The Bertz CT molecular complexity index is 792. The number of hydrogen-bond donors (Lipinski definition) is 1. The van der Waals surface area contributed by atoms with Crippen molar-refractivity contribution in [2.24, 2.45) is 5.92 Å². The summed E-state index contributed by atoms with van der Waals surface area (Å²) in [5.74, 6) is 0.691. The summed E-state index contributed by atoms with van der Waals surface area (Å²) in [6.45, 7) is 1.90. The lowest BCUT2D eigenvalue weighted by molar-refractivity contribution is -0.0144. The number of ether oxygens (including phenoxy) is 1. The van der Waals surface area contributed by atoms with Gasteiger partial charge in [0.2, 0.25) is 5.78 Å². The first-order valence-corrected chi connectivity index (χ1v) is 9.16. The molecule has 1 aliphatic heterocycles. The fourth-order valence-corrected chi connectivity index (χ4v) is 5.17. The van der Waals surface area contributed by atoms with Crippen LogP contribution in [0.15, 0.2) is 29.6 Å². The van der Waals surface area contributed by atoms with Crippen LogP contribution in [0.3, 0.4) is 0 Å². The van der Waals surface area contributed by atoms with Crippen LogP contribution < -0.4 is 4.74 Å². The van der Waals surface area contributed by atoms with E-state index in [0.717, 1.165) is 31.5 Å². The number of methoxy groups -OCH3 is 1. The molecule has 2 aromatic rings. The number of benzene rings is 1. The molecular formula is C19H21NO3S. The molecule has 0 amide bonds. The summed E-state index contributed by atoms with van der Waals surface area (Å²) in [5.41, 5.74) is 0.866. The molecular weight excluding hydrogens is 322 g/mol. The van der Waals surface area contributed by atoms with Gasteiger partial charge in [0.05, 0.1) is 17.6 Å². The van der Waals surface area contributed by atoms with Crippen LogP contribution in [0.2, 0.25) is 0 Å². The molecule has 2 heterocycles. The minimum atomic E-state index is -1.16. The number of carbonyl (C=O) groups is 1. The van der Waals surface area contributed by atoms with E-state index in [2.05, 4.69) is 11.9 Å². The summed E-state index contributed by atoms with van der Waals surface area (Å²) in [6, 6.07) is 7.48. The predicted molar refractivity (Wildman–Crippen MR) is 94.0 cm³/mol. The second kappa shape index (κ2) is 5.69. The Morgan fingerprint density at radius 3 is 2.71 bits per heavy atom. The molecule has 0 radical (unpaired) electrons. The van der Waals surface area contributed by atoms with Crippen molar-refractivity contribution in [3.63, 3.8) is 0 Å². The van der Waals surface area contributed by atoms with Gasteiger partial charge in [-0.25, -0.2) is 0 Å². The Kier molecular flexibility index (Phi) is 3.75. The fraction of sp³-hybridized carbons (Fsp3) is 0.421. The van der Waals surface area contributed by atoms with Gasteiger partial charge in [-0.05, 0) is 44.5 Å². The molecule has 5 heteroatoms. The molecule has 1 aliphatic carbocycles. The second-order valence-electron chi connectivity index (χ2n) is 6.73. The van der Waals surface area contributed by atoms with Gasteiger partial charge in [0.15, 0.2) is 0 Å². The van der Waals surface area contributed by atoms with E-state index in [1.165, 1.54) is 11.3 Å². The smallest absolute Gasteiger partial charge is 0.203 e. The highest BCUT2D eigenvalue weighted by atomic mass is 32.1. The average Bonchev–Trinajstić information content (AvgIpc) is 3.05. The quantitative estimate of drug-likeness (QED) is 0.911. The highest BCUT2D eigenvalue weighted by Gasteiger charge is 2.50. The zero-order valence-electron chi connectivity index (χ0n) is 13.9. The van der Waals surface area contributed by atoms with Crippen LogP contribution in [0.5, 0.6) is 5.75 Å². The number of hydrogen-bond acceptors (Lipinski definition) is 5. The Morgan fingerprint density at radius 2 is 2.00 bits per heavy atom. The SMILES string of the molecule is COc1csc2c1C(O)(C1CCN(C)CC1)c1ccccc1C2=O. The normalized spacial score (nSPS) is 24.5. The Labute approximate surface area is 145 Å². The van der Waals surface area contributed by atoms with Crippen molar-refractivity contribution in [1.29, 1.82) is 0 Å². The van der Waals surface area contributed by atoms with Crippen molar-refractivity contribution in [2.45, 2.75) is 18.4 Å². The molecule has 1 aromatic heterocycles. The van der Waals surface area contributed by atoms with Gasteiger partial charge >= 0.3 is 0 Å². The van der Waals surface area contributed by atoms with Crippen molar-refractivity contribution >= 4 is 17.1 Å². The Hall–Kier alpha value is -1.69. The van der Waals surface area contributed by atoms with Crippen LogP contribution in [0, 0.1) is 5.92 Å². The van der Waals surface area contributed by atoms with Crippen LogP contribution >= 0.6 is 11.3 Å². The van der Waals surface area contributed by atoms with Gasteiger partial charge in [0.1, 0.15) is 11.4 Å². The molecule has 126 valence electrons. The summed E-state index contributed by atoms with van der Waals surface area (Å²) < 4.78 is 5.51. The molecule has 1 N–H and O–H groups in total. The molecule has 1 atom stereocenters. The first-order valence-electron chi connectivity index (χ1n) is 8.28. The molecule has 1 unspecified atom stereocenters. The Morgan fingerprint density at radius 1 is 1.29 bits per heavy atom. The topological polar surface area (TPSA) is 49.8 Å². The second-order valence-corrected chi connectivity index (χ2v) is 7.61. The highest BCUT2D eigenvalue weighted by Crippen LogP contribution is 2.52. The monoisotopic (exact) mass is 343 g/mol. The number of nitrogens with zero attached hydrogens (tertiary/aromatic N) is 1.